The Kier molecular flexibility index (Phi) is 4.57. The van der Waals surface area contributed by atoms with Gasteiger partial charge in [-0.15, -0.1) is 0 Å². The van der Waals surface area contributed by atoms with E-state index in [1.54, 1.807) is 0 Å². The third-order valence-corrected chi connectivity index (χ3v) is 3.67. The van der Waals surface area contributed by atoms with Crippen LogP contribution in [0.1, 0.15) is 32.1 Å². The van der Waals surface area contributed by atoms with E-state index in [0.717, 1.165) is 12.2 Å². The molecule has 96 valence electrons. The first-order chi connectivity index (χ1) is 8.81. The Hall–Kier alpha value is -1.57. The van der Waals surface area contributed by atoms with E-state index in [4.69, 9.17) is 0 Å². The van der Waals surface area contributed by atoms with Gasteiger partial charge < -0.3 is 4.90 Å². The lowest BCUT2D eigenvalue weighted by Crippen LogP contribution is -2.34. The third kappa shape index (κ3) is 3.22. The molecule has 1 aromatic rings. The van der Waals surface area contributed by atoms with Gasteiger partial charge >= 0.3 is 0 Å². The molecule has 0 saturated heterocycles. The summed E-state index contributed by atoms with van der Waals surface area (Å²) in [6, 6.07) is 9.90. The maximum Gasteiger partial charge on any atom is 0.250 e. The number of benzene rings is 1. The second kappa shape index (κ2) is 6.39. The molecule has 18 heavy (non-hydrogen) atoms. The lowest BCUT2D eigenvalue weighted by Gasteiger charge is -2.29. The highest BCUT2D eigenvalue weighted by molar-refractivity contribution is 6.01. The number of amides is 1. The molecule has 2 nitrogen and oxygen atoms in total. The molecule has 2 rings (SSSR count). The lowest BCUT2D eigenvalue weighted by molar-refractivity contribution is -0.114. The standard InChI is InChI=1S/C16H21NO/c1-2-16(18)17(15-11-7-4-8-12-15)13-14-9-5-3-6-10-14/h2,4,7-8,11-12,14H,1,3,5-6,9-10,13H2. The third-order valence-electron chi connectivity index (χ3n) is 3.67. The van der Waals surface area contributed by atoms with Gasteiger partial charge in [0.15, 0.2) is 0 Å². The summed E-state index contributed by atoms with van der Waals surface area (Å²) in [5, 5.41) is 0. The maximum absolute atomic E-state index is 12.0. The van der Waals surface area contributed by atoms with E-state index in [1.807, 2.05) is 35.2 Å². The summed E-state index contributed by atoms with van der Waals surface area (Å²) >= 11 is 0. The maximum atomic E-state index is 12.0. The normalized spacial score (nSPS) is 16.2. The van der Waals surface area contributed by atoms with E-state index >= 15 is 0 Å². The first-order valence-electron chi connectivity index (χ1n) is 6.80. The smallest absolute Gasteiger partial charge is 0.250 e. The Bertz CT molecular complexity index is 393. The van der Waals surface area contributed by atoms with Gasteiger partial charge in [-0.25, -0.2) is 0 Å². The van der Waals surface area contributed by atoms with Gasteiger partial charge in [-0.3, -0.25) is 4.79 Å². The van der Waals surface area contributed by atoms with Crippen molar-refractivity contribution >= 4 is 11.6 Å². The van der Waals surface area contributed by atoms with Crippen LogP contribution in [0.2, 0.25) is 0 Å². The summed E-state index contributed by atoms with van der Waals surface area (Å²) in [5.41, 5.74) is 0.980. The average molecular weight is 243 g/mol. The molecule has 1 aliphatic carbocycles. The predicted octanol–water partition coefficient (Wildman–Crippen LogP) is 3.79. The molecule has 1 fully saturated rings. The Balaban J connectivity index is 2.10. The van der Waals surface area contributed by atoms with Crippen LogP contribution in [-0.4, -0.2) is 12.5 Å². The average Bonchev–Trinajstić information content (AvgIpc) is 2.46. The van der Waals surface area contributed by atoms with Crippen molar-refractivity contribution in [3.63, 3.8) is 0 Å². The van der Waals surface area contributed by atoms with Gasteiger partial charge in [-0.05, 0) is 37.0 Å². The monoisotopic (exact) mass is 243 g/mol. The summed E-state index contributed by atoms with van der Waals surface area (Å²) in [4.78, 5) is 13.9. The number of anilines is 1. The molecular formula is C16H21NO. The van der Waals surface area contributed by atoms with Crippen LogP contribution in [0.25, 0.3) is 0 Å². The van der Waals surface area contributed by atoms with E-state index < -0.39 is 0 Å². The van der Waals surface area contributed by atoms with Crippen molar-refractivity contribution in [2.24, 2.45) is 5.92 Å². The minimum Gasteiger partial charge on any atom is -0.309 e. The van der Waals surface area contributed by atoms with Gasteiger partial charge in [0.1, 0.15) is 0 Å². The Labute approximate surface area is 109 Å². The summed E-state index contributed by atoms with van der Waals surface area (Å²) in [7, 11) is 0. The summed E-state index contributed by atoms with van der Waals surface area (Å²) in [6.07, 6.45) is 7.85. The van der Waals surface area contributed by atoms with Gasteiger partial charge in [0.25, 0.3) is 0 Å². The Morgan fingerprint density at radius 1 is 1.22 bits per heavy atom. The largest absolute Gasteiger partial charge is 0.309 e. The highest BCUT2D eigenvalue weighted by Gasteiger charge is 2.20. The zero-order chi connectivity index (χ0) is 12.8. The fourth-order valence-electron chi connectivity index (χ4n) is 2.67. The predicted molar refractivity (Wildman–Crippen MR) is 75.6 cm³/mol. The molecular weight excluding hydrogens is 222 g/mol. The van der Waals surface area contributed by atoms with Crippen molar-refractivity contribution in [1.29, 1.82) is 0 Å². The van der Waals surface area contributed by atoms with Crippen molar-refractivity contribution in [2.45, 2.75) is 32.1 Å². The van der Waals surface area contributed by atoms with E-state index in [1.165, 1.54) is 38.2 Å². The fourth-order valence-corrected chi connectivity index (χ4v) is 2.67. The lowest BCUT2D eigenvalue weighted by atomic mass is 9.89. The van der Waals surface area contributed by atoms with Crippen LogP contribution in [0.15, 0.2) is 43.0 Å². The Morgan fingerprint density at radius 3 is 2.50 bits per heavy atom. The van der Waals surface area contributed by atoms with Gasteiger partial charge in [-0.1, -0.05) is 44.0 Å². The van der Waals surface area contributed by atoms with Crippen LogP contribution in [0.4, 0.5) is 5.69 Å². The van der Waals surface area contributed by atoms with E-state index in [2.05, 4.69) is 6.58 Å². The number of carbonyl (C=O) groups excluding carboxylic acids is 1. The minimum absolute atomic E-state index is 0.00627. The number of nitrogens with zero attached hydrogens (tertiary/aromatic N) is 1. The van der Waals surface area contributed by atoms with E-state index in [9.17, 15) is 4.79 Å². The van der Waals surface area contributed by atoms with Crippen LogP contribution >= 0.6 is 0 Å². The van der Waals surface area contributed by atoms with Crippen LogP contribution in [0.5, 0.6) is 0 Å². The minimum atomic E-state index is 0.00627. The number of para-hydroxylation sites is 1. The van der Waals surface area contributed by atoms with Gasteiger partial charge in [-0.2, -0.15) is 0 Å². The molecule has 0 aromatic heterocycles. The second-order valence-corrected chi connectivity index (χ2v) is 4.99. The molecule has 2 heteroatoms. The molecule has 0 heterocycles. The molecule has 0 radical (unpaired) electrons. The molecule has 0 aliphatic heterocycles. The molecule has 0 N–H and O–H groups in total. The molecule has 1 aromatic carbocycles. The first kappa shape index (κ1) is 12.9. The SMILES string of the molecule is C=CC(=O)N(CC1CCCCC1)c1ccccc1. The van der Waals surface area contributed by atoms with Crippen molar-refractivity contribution < 1.29 is 4.79 Å². The molecule has 1 amide bonds. The fraction of sp³-hybridized carbons (Fsp3) is 0.438. The van der Waals surface area contributed by atoms with Crippen molar-refractivity contribution in [3.05, 3.63) is 43.0 Å². The highest BCUT2D eigenvalue weighted by Crippen LogP contribution is 2.26. The summed E-state index contributed by atoms with van der Waals surface area (Å²) in [5.74, 6) is 0.648. The van der Waals surface area contributed by atoms with Crippen LogP contribution in [0, 0.1) is 5.92 Å². The molecule has 1 aliphatic rings. The van der Waals surface area contributed by atoms with Crippen LogP contribution in [-0.2, 0) is 4.79 Å². The highest BCUT2D eigenvalue weighted by atomic mass is 16.2. The number of carbonyl (C=O) groups is 1. The van der Waals surface area contributed by atoms with Gasteiger partial charge in [0.2, 0.25) is 5.91 Å². The zero-order valence-electron chi connectivity index (χ0n) is 10.8. The molecule has 0 unspecified atom stereocenters. The molecule has 0 atom stereocenters. The van der Waals surface area contributed by atoms with Gasteiger partial charge in [0, 0.05) is 12.2 Å². The quantitative estimate of drug-likeness (QED) is 0.737. The van der Waals surface area contributed by atoms with Crippen molar-refractivity contribution in [2.75, 3.05) is 11.4 Å². The first-order valence-corrected chi connectivity index (χ1v) is 6.80. The van der Waals surface area contributed by atoms with E-state index in [0.29, 0.717) is 5.92 Å². The second-order valence-electron chi connectivity index (χ2n) is 4.99. The summed E-state index contributed by atoms with van der Waals surface area (Å²) < 4.78 is 0. The molecule has 1 saturated carbocycles. The molecule has 0 bridgehead atoms. The zero-order valence-corrected chi connectivity index (χ0v) is 10.8. The van der Waals surface area contributed by atoms with Crippen molar-refractivity contribution in [1.82, 2.24) is 0 Å². The van der Waals surface area contributed by atoms with Gasteiger partial charge in [0.05, 0.1) is 0 Å². The van der Waals surface area contributed by atoms with Crippen molar-refractivity contribution in [3.8, 4) is 0 Å². The summed E-state index contributed by atoms with van der Waals surface area (Å²) in [6.45, 7) is 4.44. The Morgan fingerprint density at radius 2 is 1.89 bits per heavy atom. The topological polar surface area (TPSA) is 20.3 Å². The molecule has 0 spiro atoms. The number of hydrogen-bond acceptors (Lipinski definition) is 1. The number of hydrogen-bond donors (Lipinski definition) is 0. The number of rotatable bonds is 4. The van der Waals surface area contributed by atoms with Crippen LogP contribution < -0.4 is 4.90 Å². The van der Waals surface area contributed by atoms with E-state index in [-0.39, 0.29) is 5.91 Å². The van der Waals surface area contributed by atoms with Crippen LogP contribution in [0.3, 0.4) is 0 Å².